The van der Waals surface area contributed by atoms with E-state index >= 15 is 0 Å². The van der Waals surface area contributed by atoms with Gasteiger partial charge in [0, 0.05) is 23.8 Å². The van der Waals surface area contributed by atoms with E-state index in [1.807, 2.05) is 12.1 Å². The van der Waals surface area contributed by atoms with Gasteiger partial charge in [-0.15, -0.1) is 0 Å². The minimum atomic E-state index is -0.0107. The van der Waals surface area contributed by atoms with E-state index in [2.05, 4.69) is 0 Å². The van der Waals surface area contributed by atoms with Crippen LogP contribution < -0.4 is 5.73 Å². The summed E-state index contributed by atoms with van der Waals surface area (Å²) in [5.41, 5.74) is 6.96. The fourth-order valence-electron chi connectivity index (χ4n) is 1.89. The monoisotopic (exact) mass is 205 g/mol. The molecule has 3 heteroatoms. The van der Waals surface area contributed by atoms with Crippen LogP contribution >= 0.6 is 0 Å². The first kappa shape index (κ1) is 10.2. The molecule has 0 bridgehead atoms. The van der Waals surface area contributed by atoms with Crippen LogP contribution in [0, 0.1) is 5.92 Å². The summed E-state index contributed by atoms with van der Waals surface area (Å²) in [6, 6.07) is 7.22. The van der Waals surface area contributed by atoms with Crippen molar-refractivity contribution in [3.05, 3.63) is 29.8 Å². The number of ether oxygens (including phenoxy) is 1. The third kappa shape index (κ3) is 2.18. The van der Waals surface area contributed by atoms with Gasteiger partial charge in [-0.05, 0) is 25.0 Å². The van der Waals surface area contributed by atoms with E-state index < -0.39 is 0 Å². The summed E-state index contributed by atoms with van der Waals surface area (Å²) >= 11 is 0. The van der Waals surface area contributed by atoms with E-state index in [-0.39, 0.29) is 11.7 Å². The van der Waals surface area contributed by atoms with Gasteiger partial charge in [0.25, 0.3) is 0 Å². The zero-order valence-corrected chi connectivity index (χ0v) is 8.61. The van der Waals surface area contributed by atoms with E-state index in [4.69, 9.17) is 10.5 Å². The number of hydrogen-bond donors (Lipinski definition) is 1. The van der Waals surface area contributed by atoms with Crippen molar-refractivity contribution < 1.29 is 9.53 Å². The van der Waals surface area contributed by atoms with Crippen molar-refractivity contribution in [2.45, 2.75) is 12.8 Å². The second kappa shape index (κ2) is 4.45. The highest BCUT2D eigenvalue weighted by atomic mass is 16.5. The largest absolute Gasteiger partial charge is 0.398 e. The van der Waals surface area contributed by atoms with Gasteiger partial charge in [-0.3, -0.25) is 4.79 Å². The molecule has 80 valence electrons. The third-order valence-electron chi connectivity index (χ3n) is 2.76. The number of ketones is 1. The van der Waals surface area contributed by atoms with E-state index in [1.165, 1.54) is 0 Å². The molecule has 0 aromatic heterocycles. The normalized spacial score (nSPS) is 21.2. The fourth-order valence-corrected chi connectivity index (χ4v) is 1.89. The quantitative estimate of drug-likeness (QED) is 0.592. The van der Waals surface area contributed by atoms with Crippen LogP contribution in [-0.2, 0) is 4.74 Å². The summed E-state index contributed by atoms with van der Waals surface area (Å²) in [7, 11) is 0. The molecular formula is C12H15NO2. The predicted octanol–water partition coefficient (Wildman–Crippen LogP) is 1.88. The maximum Gasteiger partial charge on any atom is 0.170 e. The summed E-state index contributed by atoms with van der Waals surface area (Å²) in [5.74, 6) is 0.108. The molecule has 1 aromatic carbocycles. The average Bonchev–Trinajstić information content (AvgIpc) is 2.30. The Balaban J connectivity index is 2.16. The Morgan fingerprint density at radius 2 is 2.20 bits per heavy atom. The Kier molecular flexibility index (Phi) is 3.02. The van der Waals surface area contributed by atoms with Crippen LogP contribution in [0.4, 0.5) is 5.69 Å². The Morgan fingerprint density at radius 3 is 2.87 bits per heavy atom. The van der Waals surface area contributed by atoms with Crippen LogP contribution in [0.25, 0.3) is 0 Å². The molecule has 0 aliphatic carbocycles. The second-order valence-corrected chi connectivity index (χ2v) is 3.87. The number of anilines is 1. The topological polar surface area (TPSA) is 52.3 Å². The molecule has 15 heavy (non-hydrogen) atoms. The van der Waals surface area contributed by atoms with Crippen LogP contribution in [0.3, 0.4) is 0 Å². The van der Waals surface area contributed by atoms with Gasteiger partial charge in [0.2, 0.25) is 0 Å². The highest BCUT2D eigenvalue weighted by Crippen LogP contribution is 2.21. The van der Waals surface area contributed by atoms with Crippen LogP contribution in [0.5, 0.6) is 0 Å². The predicted molar refractivity (Wildman–Crippen MR) is 58.7 cm³/mol. The molecule has 1 aliphatic heterocycles. The molecule has 1 heterocycles. The second-order valence-electron chi connectivity index (χ2n) is 3.87. The number of rotatable bonds is 2. The van der Waals surface area contributed by atoms with E-state index in [1.54, 1.807) is 12.1 Å². The number of carbonyl (C=O) groups excluding carboxylic acids is 1. The first-order valence-corrected chi connectivity index (χ1v) is 5.25. The maximum atomic E-state index is 12.1. The van der Waals surface area contributed by atoms with E-state index in [9.17, 15) is 4.79 Å². The van der Waals surface area contributed by atoms with Crippen molar-refractivity contribution in [1.29, 1.82) is 0 Å². The van der Waals surface area contributed by atoms with Crippen LogP contribution in [-0.4, -0.2) is 19.0 Å². The van der Waals surface area contributed by atoms with E-state index in [0.29, 0.717) is 17.9 Å². The summed E-state index contributed by atoms with van der Waals surface area (Å²) in [6.45, 7) is 1.31. The van der Waals surface area contributed by atoms with Gasteiger partial charge >= 0.3 is 0 Å². The Labute approximate surface area is 89.2 Å². The molecule has 0 spiro atoms. The Bertz CT molecular complexity index is 356. The number of benzene rings is 1. The third-order valence-corrected chi connectivity index (χ3v) is 2.76. The highest BCUT2D eigenvalue weighted by Gasteiger charge is 2.23. The fraction of sp³-hybridized carbons (Fsp3) is 0.417. The smallest absolute Gasteiger partial charge is 0.170 e. The highest BCUT2D eigenvalue weighted by molar-refractivity contribution is 6.02. The number of carbonyl (C=O) groups is 1. The van der Waals surface area contributed by atoms with Gasteiger partial charge in [0.1, 0.15) is 0 Å². The van der Waals surface area contributed by atoms with Gasteiger partial charge in [-0.2, -0.15) is 0 Å². The van der Waals surface area contributed by atoms with Crippen molar-refractivity contribution in [3.63, 3.8) is 0 Å². The molecule has 1 fully saturated rings. The van der Waals surface area contributed by atoms with Crippen molar-refractivity contribution in [1.82, 2.24) is 0 Å². The number of para-hydroxylation sites is 1. The minimum absolute atomic E-state index is 0.0107. The number of hydrogen-bond acceptors (Lipinski definition) is 3. The van der Waals surface area contributed by atoms with E-state index in [0.717, 1.165) is 19.4 Å². The molecule has 0 amide bonds. The lowest BCUT2D eigenvalue weighted by molar-refractivity contribution is 0.0462. The number of nitrogens with two attached hydrogens (primary N) is 1. The minimum Gasteiger partial charge on any atom is -0.398 e. The zero-order valence-electron chi connectivity index (χ0n) is 8.61. The van der Waals surface area contributed by atoms with Gasteiger partial charge in [0.05, 0.1) is 6.61 Å². The molecule has 0 saturated carbocycles. The Hall–Kier alpha value is -1.35. The lowest BCUT2D eigenvalue weighted by Gasteiger charge is -2.21. The molecule has 2 N–H and O–H groups in total. The standard InChI is InChI=1S/C12H15NO2/c13-11-6-2-1-5-10(11)12(14)9-4-3-7-15-8-9/h1-2,5-6,9H,3-4,7-8,13H2. The SMILES string of the molecule is Nc1ccccc1C(=O)C1CCCOC1. The number of Topliss-reactive ketones (excluding diaryl/α,β-unsaturated/α-hetero) is 1. The molecule has 2 rings (SSSR count). The van der Waals surface area contributed by atoms with Crippen LogP contribution in [0.2, 0.25) is 0 Å². The van der Waals surface area contributed by atoms with Crippen molar-refractivity contribution in [2.24, 2.45) is 5.92 Å². The molecule has 3 nitrogen and oxygen atoms in total. The molecule has 1 aliphatic rings. The lowest BCUT2D eigenvalue weighted by atomic mass is 9.92. The number of nitrogen functional groups attached to an aromatic ring is 1. The first-order chi connectivity index (χ1) is 7.29. The molecule has 1 atom stereocenters. The molecular weight excluding hydrogens is 190 g/mol. The van der Waals surface area contributed by atoms with Crippen molar-refractivity contribution in [3.8, 4) is 0 Å². The summed E-state index contributed by atoms with van der Waals surface area (Å²) in [4.78, 5) is 12.1. The molecule has 1 unspecified atom stereocenters. The van der Waals surface area contributed by atoms with Crippen molar-refractivity contribution >= 4 is 11.5 Å². The zero-order chi connectivity index (χ0) is 10.7. The van der Waals surface area contributed by atoms with Gasteiger partial charge in [-0.1, -0.05) is 12.1 Å². The van der Waals surface area contributed by atoms with Gasteiger partial charge in [0.15, 0.2) is 5.78 Å². The average molecular weight is 205 g/mol. The lowest BCUT2D eigenvalue weighted by Crippen LogP contribution is -2.25. The van der Waals surface area contributed by atoms with Crippen molar-refractivity contribution in [2.75, 3.05) is 18.9 Å². The van der Waals surface area contributed by atoms with Crippen LogP contribution in [0.15, 0.2) is 24.3 Å². The molecule has 0 radical (unpaired) electrons. The summed E-state index contributed by atoms with van der Waals surface area (Å²) in [5, 5.41) is 0. The summed E-state index contributed by atoms with van der Waals surface area (Å²) in [6.07, 6.45) is 1.87. The molecule has 1 aromatic rings. The van der Waals surface area contributed by atoms with Crippen LogP contribution in [0.1, 0.15) is 23.2 Å². The Morgan fingerprint density at radius 1 is 1.40 bits per heavy atom. The van der Waals surface area contributed by atoms with Gasteiger partial charge < -0.3 is 10.5 Å². The summed E-state index contributed by atoms with van der Waals surface area (Å²) < 4.78 is 5.30. The maximum absolute atomic E-state index is 12.1. The molecule has 1 saturated heterocycles. The first-order valence-electron chi connectivity index (χ1n) is 5.25. The van der Waals surface area contributed by atoms with Gasteiger partial charge in [-0.25, -0.2) is 0 Å².